The van der Waals surface area contributed by atoms with Crippen molar-refractivity contribution < 1.29 is 9.53 Å². The summed E-state index contributed by atoms with van der Waals surface area (Å²) in [5, 5.41) is 6.74. The smallest absolute Gasteiger partial charge is 0.407 e. The molecule has 2 unspecified atom stereocenters. The second kappa shape index (κ2) is 7.43. The molecule has 2 N–H and O–H groups in total. The highest BCUT2D eigenvalue weighted by Gasteiger charge is 2.42. The first-order chi connectivity index (χ1) is 10.3. The molecule has 5 heteroatoms. The van der Waals surface area contributed by atoms with Gasteiger partial charge in [0.2, 0.25) is 0 Å². The lowest BCUT2D eigenvalue weighted by atomic mass is 9.84. The fraction of sp³-hybridized carbons (Fsp3) is 0.941. The second-order valence-electron chi connectivity index (χ2n) is 7.80. The highest BCUT2D eigenvalue weighted by molar-refractivity contribution is 8.00. The molecule has 0 aromatic heterocycles. The largest absolute Gasteiger partial charge is 0.444 e. The standard InChI is InChI=1S/C17H32N2O2S/c1-16(2,3)21-15(20)18-11-13-7-5-6-8-14(13)19-12-17(22-4)9-10-17/h13-14,19H,5-12H2,1-4H3,(H,18,20). The summed E-state index contributed by atoms with van der Waals surface area (Å²) in [5.41, 5.74) is -0.426. The number of carbonyl (C=O) groups is 1. The predicted molar refractivity (Wildman–Crippen MR) is 93.5 cm³/mol. The first-order valence-electron chi connectivity index (χ1n) is 8.59. The van der Waals surface area contributed by atoms with Gasteiger partial charge < -0.3 is 15.4 Å². The molecular weight excluding hydrogens is 296 g/mol. The Morgan fingerprint density at radius 3 is 2.55 bits per heavy atom. The van der Waals surface area contributed by atoms with E-state index in [1.165, 1.54) is 38.5 Å². The molecule has 0 aliphatic heterocycles. The average Bonchev–Trinajstić information content (AvgIpc) is 3.22. The third-order valence-corrected chi connectivity index (χ3v) is 6.16. The van der Waals surface area contributed by atoms with Gasteiger partial charge in [0.15, 0.2) is 0 Å². The summed E-state index contributed by atoms with van der Waals surface area (Å²) in [6.07, 6.45) is 9.60. The van der Waals surface area contributed by atoms with Gasteiger partial charge in [0, 0.05) is 23.9 Å². The van der Waals surface area contributed by atoms with Crippen LogP contribution >= 0.6 is 11.8 Å². The molecular formula is C17H32N2O2S. The van der Waals surface area contributed by atoms with E-state index in [9.17, 15) is 4.79 Å². The Balaban J connectivity index is 1.76. The maximum absolute atomic E-state index is 11.8. The van der Waals surface area contributed by atoms with Crippen molar-refractivity contribution in [3.63, 3.8) is 0 Å². The molecule has 0 bridgehead atoms. The van der Waals surface area contributed by atoms with E-state index < -0.39 is 5.60 Å². The molecule has 0 spiro atoms. The van der Waals surface area contributed by atoms with Crippen molar-refractivity contribution in [3.05, 3.63) is 0 Å². The number of thioether (sulfide) groups is 1. The highest BCUT2D eigenvalue weighted by Crippen LogP contribution is 2.46. The highest BCUT2D eigenvalue weighted by atomic mass is 32.2. The molecule has 0 radical (unpaired) electrons. The van der Waals surface area contributed by atoms with Gasteiger partial charge in [-0.2, -0.15) is 11.8 Å². The normalized spacial score (nSPS) is 27.3. The molecule has 0 aromatic rings. The van der Waals surface area contributed by atoms with Crippen LogP contribution in [-0.4, -0.2) is 41.8 Å². The van der Waals surface area contributed by atoms with Crippen LogP contribution < -0.4 is 10.6 Å². The van der Waals surface area contributed by atoms with Crippen molar-refractivity contribution >= 4 is 17.9 Å². The number of amides is 1. The van der Waals surface area contributed by atoms with Gasteiger partial charge in [-0.15, -0.1) is 0 Å². The fourth-order valence-corrected chi connectivity index (χ4v) is 3.90. The Bertz CT molecular complexity index is 377. The van der Waals surface area contributed by atoms with Crippen LogP contribution in [0.1, 0.15) is 59.3 Å². The van der Waals surface area contributed by atoms with Gasteiger partial charge in [-0.1, -0.05) is 12.8 Å². The maximum Gasteiger partial charge on any atom is 0.407 e. The van der Waals surface area contributed by atoms with Gasteiger partial charge in [0.05, 0.1) is 0 Å². The number of alkyl carbamates (subject to hydrolysis) is 1. The average molecular weight is 329 g/mol. The summed E-state index contributed by atoms with van der Waals surface area (Å²) in [6.45, 7) is 7.53. The minimum Gasteiger partial charge on any atom is -0.444 e. The Kier molecular flexibility index (Phi) is 6.06. The summed E-state index contributed by atoms with van der Waals surface area (Å²) < 4.78 is 5.83. The van der Waals surface area contributed by atoms with Crippen LogP contribution in [0.5, 0.6) is 0 Å². The monoisotopic (exact) mass is 328 g/mol. The summed E-state index contributed by atoms with van der Waals surface area (Å²) in [4.78, 5) is 11.8. The van der Waals surface area contributed by atoms with Crippen LogP contribution in [0.15, 0.2) is 0 Å². The lowest BCUT2D eigenvalue weighted by Crippen LogP contribution is -2.46. The van der Waals surface area contributed by atoms with E-state index in [0.717, 1.165) is 13.1 Å². The number of hydrogen-bond donors (Lipinski definition) is 2. The maximum atomic E-state index is 11.8. The summed E-state index contributed by atoms with van der Waals surface area (Å²) in [7, 11) is 0. The lowest BCUT2D eigenvalue weighted by Gasteiger charge is -2.33. The SMILES string of the molecule is CSC1(CNC2CCCCC2CNC(=O)OC(C)(C)C)CC1. The molecule has 0 heterocycles. The minimum absolute atomic E-state index is 0.292. The Hall–Kier alpha value is -0.420. The van der Waals surface area contributed by atoms with Gasteiger partial charge in [-0.05, 0) is 58.6 Å². The van der Waals surface area contributed by atoms with Crippen molar-refractivity contribution in [3.8, 4) is 0 Å². The Morgan fingerprint density at radius 2 is 1.95 bits per heavy atom. The molecule has 2 saturated carbocycles. The second-order valence-corrected chi connectivity index (χ2v) is 9.08. The third kappa shape index (κ3) is 5.65. The fourth-order valence-electron chi connectivity index (χ4n) is 3.16. The number of hydrogen-bond acceptors (Lipinski definition) is 4. The van der Waals surface area contributed by atoms with Crippen molar-refractivity contribution in [2.75, 3.05) is 19.3 Å². The van der Waals surface area contributed by atoms with Gasteiger partial charge >= 0.3 is 6.09 Å². The van der Waals surface area contributed by atoms with Crippen LogP contribution in [0, 0.1) is 5.92 Å². The van der Waals surface area contributed by atoms with E-state index in [0.29, 0.717) is 16.7 Å². The quantitative estimate of drug-likeness (QED) is 0.783. The Labute approximate surface area is 139 Å². The molecule has 2 aliphatic rings. The Morgan fingerprint density at radius 1 is 1.27 bits per heavy atom. The van der Waals surface area contributed by atoms with Gasteiger partial charge in [0.1, 0.15) is 5.60 Å². The van der Waals surface area contributed by atoms with E-state index in [1.807, 2.05) is 32.5 Å². The van der Waals surface area contributed by atoms with E-state index in [2.05, 4.69) is 16.9 Å². The zero-order chi connectivity index (χ0) is 16.2. The summed E-state index contributed by atoms with van der Waals surface area (Å²) in [6, 6.07) is 0.535. The minimum atomic E-state index is -0.426. The van der Waals surface area contributed by atoms with Crippen molar-refractivity contribution in [1.29, 1.82) is 0 Å². The molecule has 1 amide bonds. The predicted octanol–water partition coefficient (Wildman–Crippen LogP) is 3.56. The first-order valence-corrected chi connectivity index (χ1v) is 9.81. The van der Waals surface area contributed by atoms with Crippen LogP contribution in [0.3, 0.4) is 0 Å². The molecule has 2 rings (SSSR count). The van der Waals surface area contributed by atoms with Gasteiger partial charge in [-0.25, -0.2) is 4.79 Å². The molecule has 2 aliphatic carbocycles. The number of carbonyl (C=O) groups excluding carboxylic acids is 1. The molecule has 2 fully saturated rings. The van der Waals surface area contributed by atoms with Crippen LogP contribution in [0.2, 0.25) is 0 Å². The van der Waals surface area contributed by atoms with Crippen molar-refractivity contribution in [2.24, 2.45) is 5.92 Å². The first kappa shape index (κ1) is 17.9. The third-order valence-electron chi connectivity index (χ3n) is 4.74. The van der Waals surface area contributed by atoms with E-state index >= 15 is 0 Å². The van der Waals surface area contributed by atoms with Crippen molar-refractivity contribution in [2.45, 2.75) is 75.7 Å². The molecule has 128 valence electrons. The number of ether oxygens (including phenoxy) is 1. The molecule has 0 saturated heterocycles. The zero-order valence-corrected chi connectivity index (χ0v) is 15.4. The lowest BCUT2D eigenvalue weighted by molar-refractivity contribution is 0.0510. The molecule has 0 aromatic carbocycles. The summed E-state index contributed by atoms with van der Waals surface area (Å²) in [5.74, 6) is 0.527. The van der Waals surface area contributed by atoms with Gasteiger partial charge in [0.25, 0.3) is 0 Å². The zero-order valence-electron chi connectivity index (χ0n) is 14.5. The van der Waals surface area contributed by atoms with E-state index in [4.69, 9.17) is 4.74 Å². The van der Waals surface area contributed by atoms with Gasteiger partial charge in [-0.3, -0.25) is 0 Å². The summed E-state index contributed by atoms with van der Waals surface area (Å²) >= 11 is 2.00. The number of rotatable bonds is 6. The molecule has 22 heavy (non-hydrogen) atoms. The number of nitrogens with one attached hydrogen (secondary N) is 2. The van der Waals surface area contributed by atoms with E-state index in [1.54, 1.807) is 0 Å². The topological polar surface area (TPSA) is 50.4 Å². The van der Waals surface area contributed by atoms with Crippen LogP contribution in [0.4, 0.5) is 4.79 Å². The molecule has 2 atom stereocenters. The van der Waals surface area contributed by atoms with E-state index in [-0.39, 0.29) is 6.09 Å². The van der Waals surface area contributed by atoms with Crippen LogP contribution in [-0.2, 0) is 4.74 Å². The van der Waals surface area contributed by atoms with Crippen LogP contribution in [0.25, 0.3) is 0 Å². The van der Waals surface area contributed by atoms with Crippen molar-refractivity contribution in [1.82, 2.24) is 10.6 Å². The molecule has 4 nitrogen and oxygen atoms in total.